The predicted octanol–water partition coefficient (Wildman–Crippen LogP) is 4.59. The van der Waals surface area contributed by atoms with E-state index in [9.17, 15) is 5.11 Å². The molecule has 134 valence electrons. The number of hydrogen-bond acceptors (Lipinski definition) is 2. The van der Waals surface area contributed by atoms with Crippen molar-refractivity contribution in [1.82, 2.24) is 5.32 Å². The van der Waals surface area contributed by atoms with Gasteiger partial charge in [-0.25, -0.2) is 0 Å². The molecule has 0 aromatic heterocycles. The largest absolute Gasteiger partial charge is 0.395 e. The summed E-state index contributed by atoms with van der Waals surface area (Å²) < 4.78 is 0. The van der Waals surface area contributed by atoms with Crippen LogP contribution in [0.4, 0.5) is 0 Å². The first-order chi connectivity index (χ1) is 12.7. The average molecular weight is 345 g/mol. The summed E-state index contributed by atoms with van der Waals surface area (Å²) in [5, 5.41) is 13.9. The van der Waals surface area contributed by atoms with Gasteiger partial charge in [-0.3, -0.25) is 5.32 Å². The number of rotatable bonds is 7. The molecule has 0 fully saturated rings. The summed E-state index contributed by atoms with van der Waals surface area (Å²) in [6, 6.07) is 31.4. The van der Waals surface area contributed by atoms with Gasteiger partial charge in [-0.15, -0.1) is 0 Å². The number of benzene rings is 3. The summed E-state index contributed by atoms with van der Waals surface area (Å²) in [6.07, 6.45) is 0. The van der Waals surface area contributed by atoms with E-state index < -0.39 is 5.54 Å². The van der Waals surface area contributed by atoms with Crippen LogP contribution >= 0.6 is 0 Å². The van der Waals surface area contributed by atoms with Crippen LogP contribution in [-0.2, 0) is 5.54 Å². The lowest BCUT2D eigenvalue weighted by molar-refractivity contribution is 0.189. The van der Waals surface area contributed by atoms with Crippen molar-refractivity contribution in [3.8, 4) is 0 Å². The van der Waals surface area contributed by atoms with Crippen molar-refractivity contribution >= 4 is 0 Å². The number of aliphatic hydroxyl groups excluding tert-OH is 1. The highest BCUT2D eigenvalue weighted by Crippen LogP contribution is 2.37. The van der Waals surface area contributed by atoms with Crippen LogP contribution in [0, 0.1) is 5.92 Å². The van der Waals surface area contributed by atoms with Crippen molar-refractivity contribution in [2.45, 2.75) is 25.4 Å². The Morgan fingerprint density at radius 3 is 1.31 bits per heavy atom. The van der Waals surface area contributed by atoms with Crippen molar-refractivity contribution in [1.29, 1.82) is 0 Å². The number of aliphatic hydroxyl groups is 1. The molecule has 0 amide bonds. The van der Waals surface area contributed by atoms with Crippen molar-refractivity contribution in [2.24, 2.45) is 5.92 Å². The van der Waals surface area contributed by atoms with E-state index in [2.05, 4.69) is 92.0 Å². The number of hydrogen-bond donors (Lipinski definition) is 2. The number of nitrogens with one attached hydrogen (secondary N) is 1. The topological polar surface area (TPSA) is 32.3 Å². The van der Waals surface area contributed by atoms with E-state index in [1.165, 1.54) is 0 Å². The van der Waals surface area contributed by atoms with Gasteiger partial charge in [-0.05, 0) is 22.6 Å². The van der Waals surface area contributed by atoms with E-state index in [0.29, 0.717) is 5.92 Å². The second kappa shape index (κ2) is 8.31. The fourth-order valence-corrected chi connectivity index (χ4v) is 3.52. The van der Waals surface area contributed by atoms with Gasteiger partial charge in [0.2, 0.25) is 0 Å². The third-order valence-electron chi connectivity index (χ3n) is 5.02. The second-order valence-corrected chi connectivity index (χ2v) is 7.03. The summed E-state index contributed by atoms with van der Waals surface area (Å²) in [4.78, 5) is 0. The Labute approximate surface area is 156 Å². The minimum atomic E-state index is -0.526. The SMILES string of the molecule is CC(C)C(CO)NC(c1ccccc1)(c1ccccc1)c1ccccc1. The van der Waals surface area contributed by atoms with Gasteiger partial charge in [0.05, 0.1) is 12.1 Å². The molecule has 0 bridgehead atoms. The lowest BCUT2D eigenvalue weighted by atomic mass is 9.76. The Morgan fingerprint density at radius 2 is 1.04 bits per heavy atom. The molecule has 0 aliphatic rings. The molecule has 2 N–H and O–H groups in total. The fraction of sp³-hybridized carbons (Fsp3) is 0.250. The van der Waals surface area contributed by atoms with Gasteiger partial charge in [-0.2, -0.15) is 0 Å². The molecule has 0 aliphatic carbocycles. The molecule has 0 saturated carbocycles. The third kappa shape index (κ3) is 3.57. The van der Waals surface area contributed by atoms with Gasteiger partial charge in [0.15, 0.2) is 0 Å². The Morgan fingerprint density at radius 1 is 0.692 bits per heavy atom. The molecule has 0 saturated heterocycles. The normalized spacial score (nSPS) is 12.9. The highest BCUT2D eigenvalue weighted by atomic mass is 16.3. The van der Waals surface area contributed by atoms with Crippen LogP contribution in [0.5, 0.6) is 0 Å². The molecule has 3 rings (SSSR count). The lowest BCUT2D eigenvalue weighted by Crippen LogP contribution is -2.52. The van der Waals surface area contributed by atoms with Crippen LogP contribution in [0.3, 0.4) is 0 Å². The molecular formula is C24H27NO. The molecule has 2 heteroatoms. The van der Waals surface area contributed by atoms with Crippen molar-refractivity contribution < 1.29 is 5.11 Å². The maximum absolute atomic E-state index is 10.0. The van der Waals surface area contributed by atoms with E-state index >= 15 is 0 Å². The van der Waals surface area contributed by atoms with E-state index in [0.717, 1.165) is 16.7 Å². The third-order valence-corrected chi connectivity index (χ3v) is 5.02. The summed E-state index contributed by atoms with van der Waals surface area (Å²) in [5.41, 5.74) is 2.96. The van der Waals surface area contributed by atoms with Gasteiger partial charge in [0.1, 0.15) is 0 Å². The van der Waals surface area contributed by atoms with Crippen LogP contribution in [0.25, 0.3) is 0 Å². The Hall–Kier alpha value is -2.42. The zero-order valence-corrected chi connectivity index (χ0v) is 15.5. The highest BCUT2D eigenvalue weighted by Gasteiger charge is 2.38. The summed E-state index contributed by atoms with van der Waals surface area (Å²) in [7, 11) is 0. The van der Waals surface area contributed by atoms with Gasteiger partial charge < -0.3 is 5.11 Å². The lowest BCUT2D eigenvalue weighted by Gasteiger charge is -2.41. The quantitative estimate of drug-likeness (QED) is 0.614. The van der Waals surface area contributed by atoms with E-state index in [-0.39, 0.29) is 12.6 Å². The Bertz CT molecular complexity index is 688. The first kappa shape index (κ1) is 18.4. The molecule has 3 aromatic carbocycles. The highest BCUT2D eigenvalue weighted by molar-refractivity contribution is 5.49. The first-order valence-electron chi connectivity index (χ1n) is 9.23. The molecule has 26 heavy (non-hydrogen) atoms. The molecule has 1 unspecified atom stereocenters. The van der Waals surface area contributed by atoms with E-state index in [1.54, 1.807) is 0 Å². The van der Waals surface area contributed by atoms with E-state index in [4.69, 9.17) is 0 Å². The molecule has 0 spiro atoms. The van der Waals surface area contributed by atoms with Gasteiger partial charge in [0, 0.05) is 6.04 Å². The van der Waals surface area contributed by atoms with Gasteiger partial charge in [-0.1, -0.05) is 105 Å². The Kier molecular flexibility index (Phi) is 5.87. The smallest absolute Gasteiger partial charge is 0.0950 e. The predicted molar refractivity (Wildman–Crippen MR) is 108 cm³/mol. The fourth-order valence-electron chi connectivity index (χ4n) is 3.52. The maximum atomic E-state index is 10.0. The minimum Gasteiger partial charge on any atom is -0.395 e. The van der Waals surface area contributed by atoms with Crippen LogP contribution in [0.1, 0.15) is 30.5 Å². The van der Waals surface area contributed by atoms with Crippen molar-refractivity contribution in [3.05, 3.63) is 108 Å². The first-order valence-corrected chi connectivity index (χ1v) is 9.23. The standard InChI is InChI=1S/C24H27NO/c1-19(2)23(18-26)25-24(20-12-6-3-7-13-20,21-14-8-4-9-15-21)22-16-10-5-11-17-22/h3-17,19,23,25-26H,18H2,1-2H3. The second-order valence-electron chi connectivity index (χ2n) is 7.03. The monoisotopic (exact) mass is 345 g/mol. The molecule has 0 radical (unpaired) electrons. The van der Waals surface area contributed by atoms with Crippen LogP contribution < -0.4 is 5.32 Å². The van der Waals surface area contributed by atoms with Gasteiger partial charge >= 0.3 is 0 Å². The van der Waals surface area contributed by atoms with Crippen molar-refractivity contribution in [3.63, 3.8) is 0 Å². The Balaban J connectivity index is 2.28. The van der Waals surface area contributed by atoms with Crippen LogP contribution in [0.2, 0.25) is 0 Å². The zero-order chi connectivity index (χ0) is 18.4. The maximum Gasteiger partial charge on any atom is 0.0950 e. The molecule has 3 aromatic rings. The molecular weight excluding hydrogens is 318 g/mol. The zero-order valence-electron chi connectivity index (χ0n) is 15.5. The van der Waals surface area contributed by atoms with Crippen LogP contribution in [-0.4, -0.2) is 17.8 Å². The molecule has 1 atom stereocenters. The summed E-state index contributed by atoms with van der Waals surface area (Å²) in [6.45, 7) is 4.37. The molecule has 0 aliphatic heterocycles. The summed E-state index contributed by atoms with van der Waals surface area (Å²) in [5.74, 6) is 0.301. The van der Waals surface area contributed by atoms with Crippen molar-refractivity contribution in [2.75, 3.05) is 6.61 Å². The van der Waals surface area contributed by atoms with Crippen LogP contribution in [0.15, 0.2) is 91.0 Å². The van der Waals surface area contributed by atoms with Gasteiger partial charge in [0.25, 0.3) is 0 Å². The average Bonchev–Trinajstić information content (AvgIpc) is 2.71. The minimum absolute atomic E-state index is 0.0318. The molecule has 0 heterocycles. The molecule has 2 nitrogen and oxygen atoms in total. The summed E-state index contributed by atoms with van der Waals surface area (Å²) >= 11 is 0. The van der Waals surface area contributed by atoms with E-state index in [1.807, 2.05) is 18.2 Å².